The molecule has 4 nitrogen and oxygen atoms in total. The first kappa shape index (κ1) is 15.1. The average molecular weight is 309 g/mol. The third-order valence-electron chi connectivity index (χ3n) is 2.96. The first-order valence-corrected chi connectivity index (χ1v) is 7.62. The highest BCUT2D eigenvalue weighted by molar-refractivity contribution is 7.91. The van der Waals surface area contributed by atoms with E-state index in [2.05, 4.69) is 0 Å². The number of hydrogen-bond donors (Lipinski definition) is 1. The fourth-order valence-electron chi connectivity index (χ4n) is 1.68. The Morgan fingerprint density at radius 3 is 2.45 bits per heavy atom. The lowest BCUT2D eigenvalue weighted by molar-refractivity contribution is -0.137. The summed E-state index contributed by atoms with van der Waals surface area (Å²) < 4.78 is 66.3. The number of halogens is 3. The molecule has 0 saturated heterocycles. The van der Waals surface area contributed by atoms with E-state index in [1.54, 1.807) is 0 Å². The molecule has 0 unspecified atom stereocenters. The standard InChI is InChI=1S/C12H14F3NO3S/c13-12(14,15)9-3-4-11(10(16)5-9)20(17,18)7-19-6-8-1-2-8/h3-5,8H,1-2,6-7,16H2. The highest BCUT2D eigenvalue weighted by Crippen LogP contribution is 2.33. The maximum Gasteiger partial charge on any atom is 0.416 e. The summed E-state index contributed by atoms with van der Waals surface area (Å²) >= 11 is 0. The third kappa shape index (κ3) is 3.63. The predicted molar refractivity (Wildman–Crippen MR) is 66.6 cm³/mol. The van der Waals surface area contributed by atoms with Crippen LogP contribution in [0, 0.1) is 5.92 Å². The Bertz CT molecular complexity index is 594. The molecule has 0 radical (unpaired) electrons. The zero-order valence-electron chi connectivity index (χ0n) is 10.5. The zero-order chi connectivity index (χ0) is 15.0. The van der Waals surface area contributed by atoms with Crippen molar-refractivity contribution >= 4 is 15.5 Å². The van der Waals surface area contributed by atoms with E-state index in [1.165, 1.54) is 0 Å². The van der Waals surface area contributed by atoms with Crippen LogP contribution in [0.5, 0.6) is 0 Å². The number of anilines is 1. The summed E-state index contributed by atoms with van der Waals surface area (Å²) in [5, 5.41) is 0. The highest BCUT2D eigenvalue weighted by Gasteiger charge is 2.32. The molecule has 0 heterocycles. The Kier molecular flexibility index (Phi) is 3.97. The van der Waals surface area contributed by atoms with Gasteiger partial charge in [0.25, 0.3) is 0 Å². The molecule has 1 aromatic carbocycles. The number of nitrogens with two attached hydrogens (primary N) is 1. The first-order chi connectivity index (χ1) is 9.20. The number of nitrogen functional groups attached to an aromatic ring is 1. The molecular weight excluding hydrogens is 295 g/mol. The van der Waals surface area contributed by atoms with Crippen molar-refractivity contribution in [1.82, 2.24) is 0 Å². The quantitative estimate of drug-likeness (QED) is 0.848. The smallest absolute Gasteiger partial charge is 0.398 e. The number of rotatable bonds is 5. The molecule has 0 bridgehead atoms. The van der Waals surface area contributed by atoms with Crippen LogP contribution in [0.2, 0.25) is 0 Å². The summed E-state index contributed by atoms with van der Waals surface area (Å²) in [6.07, 6.45) is -2.52. The van der Waals surface area contributed by atoms with Gasteiger partial charge in [-0.15, -0.1) is 0 Å². The molecule has 2 rings (SSSR count). The maximum absolute atomic E-state index is 12.5. The largest absolute Gasteiger partial charge is 0.416 e. The summed E-state index contributed by atoms with van der Waals surface area (Å²) in [5.74, 6) is -0.172. The fraction of sp³-hybridized carbons (Fsp3) is 0.500. The molecule has 1 aromatic rings. The van der Waals surface area contributed by atoms with Crippen LogP contribution < -0.4 is 5.73 Å². The van der Waals surface area contributed by atoms with Gasteiger partial charge in [0.2, 0.25) is 9.84 Å². The van der Waals surface area contributed by atoms with E-state index in [4.69, 9.17) is 10.5 Å². The van der Waals surface area contributed by atoms with Gasteiger partial charge in [-0.2, -0.15) is 13.2 Å². The van der Waals surface area contributed by atoms with Crippen molar-refractivity contribution in [3.8, 4) is 0 Å². The Balaban J connectivity index is 2.14. The second kappa shape index (κ2) is 5.25. The molecule has 1 fully saturated rings. The van der Waals surface area contributed by atoms with Crippen molar-refractivity contribution in [2.45, 2.75) is 23.9 Å². The number of alkyl halides is 3. The van der Waals surface area contributed by atoms with E-state index in [9.17, 15) is 21.6 Å². The van der Waals surface area contributed by atoms with Crippen molar-refractivity contribution in [3.63, 3.8) is 0 Å². The molecule has 0 spiro atoms. The minimum atomic E-state index is -4.56. The lowest BCUT2D eigenvalue weighted by atomic mass is 10.2. The van der Waals surface area contributed by atoms with E-state index in [-0.39, 0.29) is 4.90 Å². The van der Waals surface area contributed by atoms with Crippen LogP contribution in [0.1, 0.15) is 18.4 Å². The number of ether oxygens (including phenoxy) is 1. The van der Waals surface area contributed by atoms with Gasteiger partial charge >= 0.3 is 6.18 Å². The van der Waals surface area contributed by atoms with E-state index in [0.717, 1.165) is 18.9 Å². The lowest BCUT2D eigenvalue weighted by Gasteiger charge is -2.11. The summed E-state index contributed by atoms with van der Waals surface area (Å²) in [4.78, 5) is -0.332. The summed E-state index contributed by atoms with van der Waals surface area (Å²) in [7, 11) is -3.84. The molecule has 2 N–H and O–H groups in total. The molecule has 0 aliphatic heterocycles. The van der Waals surface area contributed by atoms with Gasteiger partial charge in [-0.3, -0.25) is 0 Å². The van der Waals surface area contributed by atoms with Crippen LogP contribution in [0.15, 0.2) is 23.1 Å². The topological polar surface area (TPSA) is 69.4 Å². The predicted octanol–water partition coefficient (Wildman–Crippen LogP) is 2.45. The van der Waals surface area contributed by atoms with Gasteiger partial charge in [-0.05, 0) is 37.0 Å². The SMILES string of the molecule is Nc1cc(C(F)(F)F)ccc1S(=O)(=O)COCC1CC1. The molecule has 1 aliphatic rings. The van der Waals surface area contributed by atoms with Gasteiger partial charge in [0.05, 0.1) is 22.8 Å². The van der Waals surface area contributed by atoms with Gasteiger partial charge in [0.1, 0.15) is 0 Å². The van der Waals surface area contributed by atoms with Crippen molar-refractivity contribution < 1.29 is 26.3 Å². The number of sulfone groups is 1. The molecule has 20 heavy (non-hydrogen) atoms. The van der Waals surface area contributed by atoms with Crippen LogP contribution in [0.4, 0.5) is 18.9 Å². The van der Waals surface area contributed by atoms with Crippen LogP contribution in [-0.2, 0) is 20.8 Å². The monoisotopic (exact) mass is 309 g/mol. The minimum absolute atomic E-state index is 0.332. The molecule has 0 aromatic heterocycles. The van der Waals surface area contributed by atoms with Gasteiger partial charge in [-0.1, -0.05) is 0 Å². The van der Waals surface area contributed by atoms with Gasteiger partial charge in [0.15, 0.2) is 5.94 Å². The fourth-order valence-corrected chi connectivity index (χ4v) is 2.82. The molecule has 8 heteroatoms. The molecular formula is C12H14F3NO3S. The van der Waals surface area contributed by atoms with E-state index in [1.807, 2.05) is 0 Å². The molecule has 112 valence electrons. The van der Waals surface area contributed by atoms with E-state index >= 15 is 0 Å². The number of benzene rings is 1. The van der Waals surface area contributed by atoms with Crippen molar-refractivity contribution in [2.75, 3.05) is 18.3 Å². The minimum Gasteiger partial charge on any atom is -0.398 e. The van der Waals surface area contributed by atoms with Gasteiger partial charge in [0, 0.05) is 0 Å². The Morgan fingerprint density at radius 2 is 1.95 bits per heavy atom. The molecule has 1 saturated carbocycles. The zero-order valence-corrected chi connectivity index (χ0v) is 11.3. The summed E-state index contributed by atoms with van der Waals surface area (Å²) in [6, 6.07) is 2.19. The maximum atomic E-state index is 12.5. The number of hydrogen-bond acceptors (Lipinski definition) is 4. The van der Waals surface area contributed by atoms with Crippen LogP contribution in [0.3, 0.4) is 0 Å². The normalized spacial score (nSPS) is 16.4. The third-order valence-corrected chi connectivity index (χ3v) is 4.48. The Hall–Kier alpha value is -1.28. The lowest BCUT2D eigenvalue weighted by Crippen LogP contribution is -2.14. The van der Waals surface area contributed by atoms with Gasteiger partial charge in [-0.25, -0.2) is 8.42 Å². The van der Waals surface area contributed by atoms with Gasteiger partial charge < -0.3 is 10.5 Å². The van der Waals surface area contributed by atoms with E-state index in [0.29, 0.717) is 24.7 Å². The molecule has 1 aliphatic carbocycles. The Labute approximate surface area is 114 Å². The summed E-state index contributed by atoms with van der Waals surface area (Å²) in [5.41, 5.74) is 4.01. The highest BCUT2D eigenvalue weighted by atomic mass is 32.2. The van der Waals surface area contributed by atoms with E-state index < -0.39 is 33.2 Å². The summed E-state index contributed by atoms with van der Waals surface area (Å²) in [6.45, 7) is 0.347. The van der Waals surface area contributed by atoms with Crippen LogP contribution in [0.25, 0.3) is 0 Å². The molecule has 0 amide bonds. The van der Waals surface area contributed by atoms with Crippen molar-refractivity contribution in [2.24, 2.45) is 5.92 Å². The second-order valence-corrected chi connectivity index (χ2v) is 6.70. The average Bonchev–Trinajstić information content (AvgIpc) is 3.11. The Morgan fingerprint density at radius 1 is 1.30 bits per heavy atom. The first-order valence-electron chi connectivity index (χ1n) is 5.97. The molecule has 0 atom stereocenters. The second-order valence-electron chi connectivity index (χ2n) is 4.80. The van der Waals surface area contributed by atoms with Crippen molar-refractivity contribution in [3.05, 3.63) is 23.8 Å². The van der Waals surface area contributed by atoms with Crippen LogP contribution in [-0.4, -0.2) is 21.0 Å². The van der Waals surface area contributed by atoms with Crippen molar-refractivity contribution in [1.29, 1.82) is 0 Å². The van der Waals surface area contributed by atoms with Crippen LogP contribution >= 0.6 is 0 Å².